The van der Waals surface area contributed by atoms with Crippen molar-refractivity contribution in [1.82, 2.24) is 4.98 Å². The third-order valence-corrected chi connectivity index (χ3v) is 3.77. The van der Waals surface area contributed by atoms with Crippen molar-refractivity contribution < 1.29 is 4.84 Å². The smallest absolute Gasteiger partial charge is 0.279 e. The maximum atomic E-state index is 12.2. The lowest BCUT2D eigenvalue weighted by Gasteiger charge is -2.01. The van der Waals surface area contributed by atoms with E-state index in [0.717, 1.165) is 22.1 Å². The van der Waals surface area contributed by atoms with Gasteiger partial charge in [0.2, 0.25) is 0 Å². The molecule has 1 aliphatic rings. The van der Waals surface area contributed by atoms with Crippen molar-refractivity contribution >= 4 is 16.6 Å². The van der Waals surface area contributed by atoms with Crippen molar-refractivity contribution in [2.24, 2.45) is 0 Å². The topological polar surface area (TPSA) is 51.2 Å². The summed E-state index contributed by atoms with van der Waals surface area (Å²) in [6.45, 7) is 0. The second-order valence-corrected chi connectivity index (χ2v) is 4.94. The van der Waals surface area contributed by atoms with E-state index in [1.54, 1.807) is 0 Å². The molecule has 1 aliphatic carbocycles. The predicted octanol–water partition coefficient (Wildman–Crippen LogP) is 3.22. The molecule has 0 atom stereocenters. The SMILES string of the molecule is CONc1cc2c3c(cccc3nc1=O)-c1ccccc1-2. The minimum Gasteiger partial charge on any atom is -0.279 e. The molecule has 4 rings (SSSR count). The molecule has 102 valence electrons. The minimum absolute atomic E-state index is 0.329. The molecule has 0 bridgehead atoms. The Balaban J connectivity index is 2.21. The maximum absolute atomic E-state index is 12.2. The van der Waals surface area contributed by atoms with E-state index in [1.807, 2.05) is 30.3 Å². The Bertz CT molecular complexity index is 935. The average Bonchev–Trinajstić information content (AvgIpc) is 2.74. The van der Waals surface area contributed by atoms with Crippen molar-refractivity contribution in [3.05, 3.63) is 58.9 Å². The summed E-state index contributed by atoms with van der Waals surface area (Å²) in [7, 11) is 1.48. The highest BCUT2D eigenvalue weighted by molar-refractivity contribution is 6.14. The van der Waals surface area contributed by atoms with E-state index in [0.29, 0.717) is 11.2 Å². The van der Waals surface area contributed by atoms with Crippen LogP contribution in [0.3, 0.4) is 0 Å². The predicted molar refractivity (Wildman–Crippen MR) is 83.1 cm³/mol. The van der Waals surface area contributed by atoms with Gasteiger partial charge in [-0.2, -0.15) is 0 Å². The summed E-state index contributed by atoms with van der Waals surface area (Å²) in [6, 6.07) is 15.8. The van der Waals surface area contributed by atoms with Crippen LogP contribution in [0, 0.1) is 0 Å². The Morgan fingerprint density at radius 3 is 2.43 bits per heavy atom. The zero-order chi connectivity index (χ0) is 14.4. The van der Waals surface area contributed by atoms with E-state index in [4.69, 9.17) is 4.84 Å². The summed E-state index contributed by atoms with van der Waals surface area (Å²) in [6.07, 6.45) is 0. The van der Waals surface area contributed by atoms with Crippen LogP contribution >= 0.6 is 0 Å². The number of hydrogen-bond acceptors (Lipinski definition) is 4. The molecule has 0 unspecified atom stereocenters. The fourth-order valence-corrected chi connectivity index (χ4v) is 2.94. The molecule has 4 nitrogen and oxygen atoms in total. The van der Waals surface area contributed by atoms with Crippen molar-refractivity contribution in [2.45, 2.75) is 0 Å². The Labute approximate surface area is 121 Å². The Morgan fingerprint density at radius 2 is 1.67 bits per heavy atom. The Kier molecular flexibility index (Phi) is 2.52. The first-order valence-electron chi connectivity index (χ1n) is 6.66. The number of hydrogen-bond donors (Lipinski definition) is 1. The molecule has 21 heavy (non-hydrogen) atoms. The molecule has 0 aliphatic heterocycles. The van der Waals surface area contributed by atoms with Crippen LogP contribution < -0.4 is 11.0 Å². The van der Waals surface area contributed by atoms with Gasteiger partial charge in [-0.05, 0) is 34.4 Å². The summed E-state index contributed by atoms with van der Waals surface area (Å²) in [5.74, 6) is 0. The van der Waals surface area contributed by atoms with Crippen molar-refractivity contribution in [1.29, 1.82) is 0 Å². The molecular weight excluding hydrogens is 264 g/mol. The Hall–Kier alpha value is -2.72. The van der Waals surface area contributed by atoms with Gasteiger partial charge in [0.05, 0.1) is 12.6 Å². The first kappa shape index (κ1) is 12.1. The van der Waals surface area contributed by atoms with Gasteiger partial charge in [-0.3, -0.25) is 15.1 Å². The quantitative estimate of drug-likeness (QED) is 0.571. The van der Waals surface area contributed by atoms with Gasteiger partial charge in [-0.15, -0.1) is 0 Å². The number of nitrogens with one attached hydrogen (secondary N) is 1. The molecule has 0 saturated heterocycles. The Morgan fingerprint density at radius 1 is 0.952 bits per heavy atom. The number of anilines is 1. The molecule has 0 saturated carbocycles. The molecule has 0 amide bonds. The molecule has 0 radical (unpaired) electrons. The van der Waals surface area contributed by atoms with E-state index in [9.17, 15) is 4.79 Å². The van der Waals surface area contributed by atoms with Gasteiger partial charge in [-0.25, -0.2) is 4.98 Å². The lowest BCUT2D eigenvalue weighted by molar-refractivity contribution is 0.270. The summed E-state index contributed by atoms with van der Waals surface area (Å²) < 4.78 is 0. The molecule has 1 N–H and O–H groups in total. The van der Waals surface area contributed by atoms with Crippen LogP contribution in [0.1, 0.15) is 0 Å². The zero-order valence-corrected chi connectivity index (χ0v) is 11.4. The fourth-order valence-electron chi connectivity index (χ4n) is 2.94. The van der Waals surface area contributed by atoms with Gasteiger partial charge in [-0.1, -0.05) is 36.4 Å². The van der Waals surface area contributed by atoms with Crippen LogP contribution in [0.15, 0.2) is 53.3 Å². The average molecular weight is 276 g/mol. The van der Waals surface area contributed by atoms with Crippen LogP contribution in [0.25, 0.3) is 33.2 Å². The zero-order valence-electron chi connectivity index (χ0n) is 11.4. The van der Waals surface area contributed by atoms with Crippen molar-refractivity contribution in [2.75, 3.05) is 12.6 Å². The van der Waals surface area contributed by atoms with Crippen LogP contribution in [-0.2, 0) is 4.84 Å². The molecule has 2 aromatic carbocycles. The first-order valence-corrected chi connectivity index (χ1v) is 6.66. The minimum atomic E-state index is -0.329. The molecule has 0 spiro atoms. The lowest BCUT2D eigenvalue weighted by atomic mass is 10.0. The van der Waals surface area contributed by atoms with Gasteiger partial charge in [0.15, 0.2) is 0 Å². The van der Waals surface area contributed by atoms with Crippen LogP contribution in [0.2, 0.25) is 0 Å². The van der Waals surface area contributed by atoms with Crippen LogP contribution in [0.5, 0.6) is 0 Å². The molecule has 0 fully saturated rings. The molecule has 1 heterocycles. The number of rotatable bonds is 2. The largest absolute Gasteiger partial charge is 0.295 e. The third-order valence-electron chi connectivity index (χ3n) is 3.77. The van der Waals surface area contributed by atoms with Gasteiger partial charge in [0, 0.05) is 5.39 Å². The van der Waals surface area contributed by atoms with E-state index in [1.165, 1.54) is 12.7 Å². The normalized spacial score (nSPS) is 11.5. The van der Waals surface area contributed by atoms with Gasteiger partial charge < -0.3 is 0 Å². The summed E-state index contributed by atoms with van der Waals surface area (Å²) in [5.41, 5.74) is 7.74. The fraction of sp³-hybridized carbons (Fsp3) is 0.0588. The number of fused-ring (bicyclic) bond motifs is 3. The number of nitrogens with zero attached hydrogens (tertiary/aromatic N) is 1. The van der Waals surface area contributed by atoms with Gasteiger partial charge >= 0.3 is 0 Å². The van der Waals surface area contributed by atoms with Crippen LogP contribution in [0.4, 0.5) is 5.69 Å². The number of aromatic nitrogens is 1. The maximum Gasteiger partial charge on any atom is 0.295 e. The number of benzene rings is 2. The van der Waals surface area contributed by atoms with E-state index in [-0.39, 0.29) is 5.56 Å². The summed E-state index contributed by atoms with van der Waals surface area (Å²) in [4.78, 5) is 21.3. The lowest BCUT2D eigenvalue weighted by Crippen LogP contribution is -2.10. The molecular formula is C17H12N2O2. The standard InChI is InChI=1S/C17H12N2O2/c1-21-19-15-9-13-11-6-3-2-5-10(11)12-7-4-8-14(16(12)13)18-17(15)20/h2-9H,1H3,(H,18,19,20). The van der Waals surface area contributed by atoms with Crippen LogP contribution in [-0.4, -0.2) is 12.1 Å². The van der Waals surface area contributed by atoms with Crippen molar-refractivity contribution in [3.63, 3.8) is 0 Å². The summed E-state index contributed by atoms with van der Waals surface area (Å²) >= 11 is 0. The molecule has 3 aromatic rings. The third kappa shape index (κ3) is 1.66. The highest BCUT2D eigenvalue weighted by atomic mass is 16.6. The molecule has 4 heteroatoms. The second-order valence-electron chi connectivity index (χ2n) is 4.94. The monoisotopic (exact) mass is 276 g/mol. The highest BCUT2D eigenvalue weighted by Crippen LogP contribution is 2.46. The van der Waals surface area contributed by atoms with E-state index < -0.39 is 0 Å². The highest BCUT2D eigenvalue weighted by Gasteiger charge is 2.21. The summed E-state index contributed by atoms with van der Waals surface area (Å²) in [5, 5.41) is 1.01. The van der Waals surface area contributed by atoms with Gasteiger partial charge in [0.25, 0.3) is 5.56 Å². The van der Waals surface area contributed by atoms with Gasteiger partial charge in [0.1, 0.15) is 5.69 Å². The molecule has 1 aromatic heterocycles. The van der Waals surface area contributed by atoms with E-state index >= 15 is 0 Å². The second kappa shape index (κ2) is 4.40. The van der Waals surface area contributed by atoms with E-state index in [2.05, 4.69) is 28.7 Å². The van der Waals surface area contributed by atoms with Crippen molar-refractivity contribution in [3.8, 4) is 22.3 Å². The first-order chi connectivity index (χ1) is 10.3.